The second-order valence-corrected chi connectivity index (χ2v) is 5.06. The van der Waals surface area contributed by atoms with Crippen LogP contribution in [0.2, 0.25) is 0 Å². The maximum atomic E-state index is 11.3. The van der Waals surface area contributed by atoms with E-state index in [2.05, 4.69) is 27.7 Å². The monoisotopic (exact) mass is 261 g/mol. The second-order valence-electron chi connectivity index (χ2n) is 5.06. The molecule has 2 amide bonds. The molecule has 0 saturated carbocycles. The van der Waals surface area contributed by atoms with Gasteiger partial charge >= 0.3 is 6.03 Å². The van der Waals surface area contributed by atoms with Crippen molar-refractivity contribution in [1.82, 2.24) is 10.2 Å². The number of carbonyl (C=O) groups excluding carboxylic acids is 1. The predicted molar refractivity (Wildman–Crippen MR) is 78.5 cm³/mol. The lowest BCUT2D eigenvalue weighted by Crippen LogP contribution is -2.31. The van der Waals surface area contributed by atoms with Crippen LogP contribution in [0, 0.1) is 0 Å². The van der Waals surface area contributed by atoms with E-state index >= 15 is 0 Å². The molecule has 4 nitrogen and oxygen atoms in total. The van der Waals surface area contributed by atoms with Crippen LogP contribution in [0.25, 0.3) is 0 Å². The average molecular weight is 261 g/mol. The first kappa shape index (κ1) is 13.9. The number of urea groups is 1. The van der Waals surface area contributed by atoms with Gasteiger partial charge in [-0.25, -0.2) is 4.79 Å². The van der Waals surface area contributed by atoms with Gasteiger partial charge in [0.05, 0.1) is 0 Å². The largest absolute Gasteiger partial charge is 0.341 e. The van der Waals surface area contributed by atoms with E-state index < -0.39 is 0 Å². The Bertz CT molecular complexity index is 414. The van der Waals surface area contributed by atoms with E-state index in [0.717, 1.165) is 18.7 Å². The van der Waals surface area contributed by atoms with E-state index in [4.69, 9.17) is 0 Å². The molecule has 104 valence electrons. The van der Waals surface area contributed by atoms with E-state index in [-0.39, 0.29) is 6.03 Å². The highest BCUT2D eigenvalue weighted by atomic mass is 16.2. The Hall–Kier alpha value is -1.55. The molecular weight excluding hydrogens is 238 g/mol. The summed E-state index contributed by atoms with van der Waals surface area (Å²) in [5.41, 5.74) is 2.13. The van der Waals surface area contributed by atoms with E-state index in [1.54, 1.807) is 7.05 Å². The normalized spacial score (nSPS) is 16.1. The Morgan fingerprint density at radius 1 is 1.26 bits per heavy atom. The number of likely N-dealkylation sites (tertiary alicyclic amines) is 1. The lowest BCUT2D eigenvalue weighted by Gasteiger charge is -2.26. The van der Waals surface area contributed by atoms with Gasteiger partial charge < -0.3 is 15.5 Å². The standard InChI is InChI=1S/C15H23N3O/c1-16-15(19)17-14-7-5-6-13(12-14)8-11-18-9-3-2-4-10-18/h5-7,12H,2-4,8-11H2,1H3,(H2,16,17,19). The minimum absolute atomic E-state index is 0.173. The zero-order valence-corrected chi connectivity index (χ0v) is 11.6. The fourth-order valence-electron chi connectivity index (χ4n) is 2.47. The van der Waals surface area contributed by atoms with Crippen LogP contribution in [0.4, 0.5) is 10.5 Å². The smallest absolute Gasteiger partial charge is 0.318 e. The molecule has 4 heteroatoms. The van der Waals surface area contributed by atoms with Crippen molar-refractivity contribution in [3.63, 3.8) is 0 Å². The molecule has 0 unspecified atom stereocenters. The van der Waals surface area contributed by atoms with Crippen LogP contribution < -0.4 is 10.6 Å². The number of benzene rings is 1. The fraction of sp³-hybridized carbons (Fsp3) is 0.533. The summed E-state index contributed by atoms with van der Waals surface area (Å²) >= 11 is 0. The predicted octanol–water partition coefficient (Wildman–Crippen LogP) is 2.47. The summed E-state index contributed by atoms with van der Waals surface area (Å²) < 4.78 is 0. The van der Waals surface area contributed by atoms with E-state index in [1.807, 2.05) is 12.1 Å². The number of nitrogens with one attached hydrogen (secondary N) is 2. The van der Waals surface area contributed by atoms with Crippen molar-refractivity contribution in [2.75, 3.05) is 32.0 Å². The molecule has 0 bridgehead atoms. The molecule has 19 heavy (non-hydrogen) atoms. The highest BCUT2D eigenvalue weighted by Crippen LogP contribution is 2.13. The summed E-state index contributed by atoms with van der Waals surface area (Å²) in [5, 5.41) is 5.36. The maximum absolute atomic E-state index is 11.3. The molecule has 2 N–H and O–H groups in total. The third kappa shape index (κ3) is 4.56. The van der Waals surface area contributed by atoms with Gasteiger partial charge in [0.15, 0.2) is 0 Å². The second kappa shape index (κ2) is 7.14. The lowest BCUT2D eigenvalue weighted by atomic mass is 10.1. The minimum atomic E-state index is -0.173. The van der Waals surface area contributed by atoms with Gasteiger partial charge in [-0.05, 0) is 50.0 Å². The Labute approximate surface area is 115 Å². The highest BCUT2D eigenvalue weighted by molar-refractivity contribution is 5.89. The zero-order valence-electron chi connectivity index (χ0n) is 11.6. The molecule has 1 aliphatic heterocycles. The molecule has 1 heterocycles. The van der Waals surface area contributed by atoms with Crippen molar-refractivity contribution in [2.45, 2.75) is 25.7 Å². The summed E-state index contributed by atoms with van der Waals surface area (Å²) in [6.07, 6.45) is 5.09. The van der Waals surface area contributed by atoms with Gasteiger partial charge in [0, 0.05) is 19.3 Å². The molecule has 1 aromatic rings. The number of hydrogen-bond donors (Lipinski definition) is 2. The minimum Gasteiger partial charge on any atom is -0.341 e. The van der Waals surface area contributed by atoms with Gasteiger partial charge in [0.25, 0.3) is 0 Å². The van der Waals surface area contributed by atoms with Gasteiger partial charge in [0.2, 0.25) is 0 Å². The zero-order chi connectivity index (χ0) is 13.5. The molecule has 1 saturated heterocycles. The fourth-order valence-corrected chi connectivity index (χ4v) is 2.47. The lowest BCUT2D eigenvalue weighted by molar-refractivity contribution is 0.231. The number of hydrogen-bond acceptors (Lipinski definition) is 2. The van der Waals surface area contributed by atoms with Crippen molar-refractivity contribution >= 4 is 11.7 Å². The number of amides is 2. The number of nitrogens with zero attached hydrogens (tertiary/aromatic N) is 1. The van der Waals surface area contributed by atoms with Crippen LogP contribution in [-0.2, 0) is 6.42 Å². The molecule has 0 atom stereocenters. The topological polar surface area (TPSA) is 44.4 Å². The molecule has 0 radical (unpaired) electrons. The maximum Gasteiger partial charge on any atom is 0.318 e. The number of piperidine rings is 1. The molecular formula is C15H23N3O. The van der Waals surface area contributed by atoms with Gasteiger partial charge in [-0.15, -0.1) is 0 Å². The summed E-state index contributed by atoms with van der Waals surface area (Å²) in [4.78, 5) is 13.8. The van der Waals surface area contributed by atoms with Crippen molar-refractivity contribution < 1.29 is 4.79 Å². The molecule has 0 aliphatic carbocycles. The molecule has 1 fully saturated rings. The third-order valence-electron chi connectivity index (χ3n) is 3.58. The van der Waals surface area contributed by atoms with Gasteiger partial charge in [-0.2, -0.15) is 0 Å². The average Bonchev–Trinajstić information content (AvgIpc) is 2.46. The quantitative estimate of drug-likeness (QED) is 0.874. The summed E-state index contributed by atoms with van der Waals surface area (Å²) in [5.74, 6) is 0. The Morgan fingerprint density at radius 2 is 2.05 bits per heavy atom. The third-order valence-corrected chi connectivity index (χ3v) is 3.58. The summed E-state index contributed by atoms with van der Waals surface area (Å²) in [7, 11) is 1.62. The highest BCUT2D eigenvalue weighted by Gasteiger charge is 2.09. The van der Waals surface area contributed by atoms with Gasteiger partial charge in [-0.1, -0.05) is 18.6 Å². The van der Waals surface area contributed by atoms with Crippen LogP contribution >= 0.6 is 0 Å². The molecule has 0 aromatic heterocycles. The van der Waals surface area contributed by atoms with Crippen LogP contribution in [-0.4, -0.2) is 37.6 Å². The van der Waals surface area contributed by atoms with Crippen molar-refractivity contribution in [3.8, 4) is 0 Å². The van der Waals surface area contributed by atoms with E-state index in [0.29, 0.717) is 0 Å². The Balaban J connectivity index is 1.85. The van der Waals surface area contributed by atoms with Crippen LogP contribution in [0.15, 0.2) is 24.3 Å². The van der Waals surface area contributed by atoms with Crippen molar-refractivity contribution in [1.29, 1.82) is 0 Å². The molecule has 2 rings (SSSR count). The first-order chi connectivity index (χ1) is 9.28. The number of carbonyl (C=O) groups is 1. The summed E-state index contributed by atoms with van der Waals surface area (Å²) in [6, 6.07) is 7.92. The van der Waals surface area contributed by atoms with Gasteiger partial charge in [0.1, 0.15) is 0 Å². The number of rotatable bonds is 4. The van der Waals surface area contributed by atoms with Crippen LogP contribution in [0.1, 0.15) is 24.8 Å². The van der Waals surface area contributed by atoms with Crippen LogP contribution in [0.5, 0.6) is 0 Å². The summed E-state index contributed by atoms with van der Waals surface area (Å²) in [6.45, 7) is 3.58. The molecule has 0 spiro atoms. The van der Waals surface area contributed by atoms with Crippen LogP contribution in [0.3, 0.4) is 0 Å². The SMILES string of the molecule is CNC(=O)Nc1cccc(CCN2CCCCC2)c1. The first-order valence-corrected chi connectivity index (χ1v) is 7.08. The molecule has 1 aliphatic rings. The van der Waals surface area contributed by atoms with Crippen molar-refractivity contribution in [2.24, 2.45) is 0 Å². The number of anilines is 1. The van der Waals surface area contributed by atoms with Crippen molar-refractivity contribution in [3.05, 3.63) is 29.8 Å². The molecule has 1 aromatic carbocycles. The van der Waals surface area contributed by atoms with Gasteiger partial charge in [-0.3, -0.25) is 0 Å². The first-order valence-electron chi connectivity index (χ1n) is 7.08. The van der Waals surface area contributed by atoms with E-state index in [1.165, 1.54) is 37.9 Å². The Kier molecular flexibility index (Phi) is 5.21. The Morgan fingerprint density at radius 3 is 2.79 bits per heavy atom. The van der Waals surface area contributed by atoms with E-state index in [9.17, 15) is 4.79 Å².